The summed E-state index contributed by atoms with van der Waals surface area (Å²) >= 11 is 6.12. The van der Waals surface area contributed by atoms with Crippen LogP contribution in [0.25, 0.3) is 6.08 Å². The summed E-state index contributed by atoms with van der Waals surface area (Å²) in [5.41, 5.74) is 0.288. The Morgan fingerprint density at radius 1 is 1.18 bits per heavy atom. The first-order chi connectivity index (χ1) is 13.4. The number of hydrogen-bond acceptors (Lipinski definition) is 5. The molecule has 0 unspecified atom stereocenters. The standard InChI is InChI=1S/C19H13FN2O4S2/c20-13-7-3-1-5-11(13)9-15-17(24)22(19(27)28-15)10-16(23)21-14-8-4-2-6-12(14)18(25)26/h1-9H,10H2,(H,21,23)(H,25,26)/b15-9+. The molecule has 0 spiro atoms. The van der Waals surface area contributed by atoms with Crippen molar-refractivity contribution in [2.24, 2.45) is 0 Å². The van der Waals surface area contributed by atoms with E-state index >= 15 is 0 Å². The number of benzene rings is 2. The van der Waals surface area contributed by atoms with Crippen LogP contribution in [-0.2, 0) is 9.59 Å². The molecule has 9 heteroatoms. The highest BCUT2D eigenvalue weighted by molar-refractivity contribution is 8.26. The van der Waals surface area contributed by atoms with Crippen LogP contribution in [0.15, 0.2) is 53.4 Å². The Balaban J connectivity index is 1.74. The average Bonchev–Trinajstić information content (AvgIpc) is 2.91. The van der Waals surface area contributed by atoms with Crippen molar-refractivity contribution >= 4 is 57.8 Å². The second-order valence-electron chi connectivity index (χ2n) is 5.69. The van der Waals surface area contributed by atoms with E-state index in [1.165, 1.54) is 42.5 Å². The number of halogens is 1. The van der Waals surface area contributed by atoms with Gasteiger partial charge in [-0.3, -0.25) is 14.5 Å². The fourth-order valence-electron chi connectivity index (χ4n) is 2.48. The molecule has 1 fully saturated rings. The second-order valence-corrected chi connectivity index (χ2v) is 7.36. The molecule has 0 aromatic heterocycles. The summed E-state index contributed by atoms with van der Waals surface area (Å²) in [6.07, 6.45) is 1.38. The van der Waals surface area contributed by atoms with Crippen molar-refractivity contribution in [1.29, 1.82) is 0 Å². The van der Waals surface area contributed by atoms with E-state index in [1.54, 1.807) is 12.1 Å². The Morgan fingerprint density at radius 3 is 2.57 bits per heavy atom. The molecule has 28 heavy (non-hydrogen) atoms. The van der Waals surface area contributed by atoms with E-state index in [4.69, 9.17) is 17.3 Å². The topological polar surface area (TPSA) is 86.7 Å². The van der Waals surface area contributed by atoms with Crippen molar-refractivity contribution < 1.29 is 23.9 Å². The zero-order valence-corrected chi connectivity index (χ0v) is 15.8. The van der Waals surface area contributed by atoms with E-state index in [-0.39, 0.29) is 32.6 Å². The number of nitrogens with one attached hydrogen (secondary N) is 1. The summed E-state index contributed by atoms with van der Waals surface area (Å²) in [5, 5.41) is 11.6. The molecule has 0 aliphatic carbocycles. The van der Waals surface area contributed by atoms with Crippen LogP contribution < -0.4 is 5.32 Å². The number of thiocarbonyl (C=S) groups is 1. The van der Waals surface area contributed by atoms with Crippen LogP contribution in [0.5, 0.6) is 0 Å². The van der Waals surface area contributed by atoms with Crippen molar-refractivity contribution in [3.05, 3.63) is 70.4 Å². The number of rotatable bonds is 5. The summed E-state index contributed by atoms with van der Waals surface area (Å²) in [7, 11) is 0. The fraction of sp³-hybridized carbons (Fsp3) is 0.0526. The van der Waals surface area contributed by atoms with E-state index in [0.29, 0.717) is 0 Å². The number of anilines is 1. The van der Waals surface area contributed by atoms with Crippen LogP contribution in [0.2, 0.25) is 0 Å². The lowest BCUT2D eigenvalue weighted by atomic mass is 10.2. The summed E-state index contributed by atoms with van der Waals surface area (Å²) < 4.78 is 14.0. The molecule has 2 amide bonds. The maximum atomic E-state index is 13.8. The van der Waals surface area contributed by atoms with Gasteiger partial charge in [-0.25, -0.2) is 9.18 Å². The fourth-order valence-corrected chi connectivity index (χ4v) is 3.73. The van der Waals surface area contributed by atoms with Crippen LogP contribution >= 0.6 is 24.0 Å². The number of carboxylic acids is 1. The molecule has 3 rings (SSSR count). The van der Waals surface area contributed by atoms with Crippen molar-refractivity contribution in [3.8, 4) is 0 Å². The Bertz CT molecular complexity index is 1020. The maximum absolute atomic E-state index is 13.8. The van der Waals surface area contributed by atoms with Gasteiger partial charge in [0.1, 0.15) is 16.7 Å². The SMILES string of the molecule is O=C(CN1C(=O)/C(=C\c2ccccc2F)SC1=S)Nc1ccccc1C(=O)O. The molecule has 2 aromatic carbocycles. The first-order valence-corrected chi connectivity index (χ1v) is 9.21. The summed E-state index contributed by atoms with van der Waals surface area (Å²) in [5.74, 6) is -2.78. The van der Waals surface area contributed by atoms with E-state index in [0.717, 1.165) is 16.7 Å². The lowest BCUT2D eigenvalue weighted by Gasteiger charge is -2.15. The highest BCUT2D eigenvalue weighted by Gasteiger charge is 2.33. The molecule has 1 aliphatic rings. The second kappa shape index (κ2) is 8.32. The first kappa shape index (κ1) is 19.7. The molecule has 0 bridgehead atoms. The number of carboxylic acid groups (broad SMARTS) is 1. The minimum absolute atomic E-state index is 0.0688. The lowest BCUT2D eigenvalue weighted by molar-refractivity contribution is -0.126. The minimum Gasteiger partial charge on any atom is -0.478 e. The van der Waals surface area contributed by atoms with Gasteiger partial charge in [-0.2, -0.15) is 0 Å². The third-order valence-corrected chi connectivity index (χ3v) is 5.18. The Labute approximate surface area is 169 Å². The van der Waals surface area contributed by atoms with Crippen molar-refractivity contribution in [1.82, 2.24) is 4.90 Å². The number of carbonyl (C=O) groups excluding carboxylic acids is 2. The van der Waals surface area contributed by atoms with Crippen molar-refractivity contribution in [2.75, 3.05) is 11.9 Å². The number of nitrogens with zero attached hydrogens (tertiary/aromatic N) is 1. The Kier molecular flexibility index (Phi) is 5.86. The molecule has 0 atom stereocenters. The molecule has 1 heterocycles. The molecular formula is C19H13FN2O4S2. The molecule has 2 N–H and O–H groups in total. The van der Waals surface area contributed by atoms with Gasteiger partial charge in [0.15, 0.2) is 0 Å². The van der Waals surface area contributed by atoms with Gasteiger partial charge < -0.3 is 10.4 Å². The molecule has 0 saturated carbocycles. The van der Waals surface area contributed by atoms with Gasteiger partial charge in [-0.05, 0) is 24.3 Å². The van der Waals surface area contributed by atoms with E-state index in [9.17, 15) is 18.8 Å². The van der Waals surface area contributed by atoms with Gasteiger partial charge >= 0.3 is 5.97 Å². The maximum Gasteiger partial charge on any atom is 0.337 e. The highest BCUT2D eigenvalue weighted by atomic mass is 32.2. The molecule has 6 nitrogen and oxygen atoms in total. The van der Waals surface area contributed by atoms with Gasteiger partial charge in [0.25, 0.3) is 5.91 Å². The normalized spacial score (nSPS) is 15.2. The van der Waals surface area contributed by atoms with Gasteiger partial charge in [-0.1, -0.05) is 54.3 Å². The van der Waals surface area contributed by atoms with Crippen LogP contribution in [0.4, 0.5) is 10.1 Å². The van der Waals surface area contributed by atoms with Crippen LogP contribution in [-0.4, -0.2) is 38.7 Å². The third-order valence-electron chi connectivity index (χ3n) is 3.80. The number of thioether (sulfide) groups is 1. The van der Waals surface area contributed by atoms with E-state index < -0.39 is 23.6 Å². The molecule has 142 valence electrons. The molecule has 0 radical (unpaired) electrons. The van der Waals surface area contributed by atoms with Crippen LogP contribution in [0, 0.1) is 5.82 Å². The third kappa shape index (κ3) is 4.26. The predicted octanol–water partition coefficient (Wildman–Crippen LogP) is 3.36. The van der Waals surface area contributed by atoms with Gasteiger partial charge in [0.05, 0.1) is 16.2 Å². The number of para-hydroxylation sites is 1. The van der Waals surface area contributed by atoms with Crippen LogP contribution in [0.3, 0.4) is 0 Å². The quantitative estimate of drug-likeness (QED) is 0.574. The number of carbonyl (C=O) groups is 3. The highest BCUT2D eigenvalue weighted by Crippen LogP contribution is 2.32. The predicted molar refractivity (Wildman–Crippen MR) is 108 cm³/mol. The van der Waals surface area contributed by atoms with Crippen molar-refractivity contribution in [2.45, 2.75) is 0 Å². The number of amides is 2. The summed E-state index contributed by atoms with van der Waals surface area (Å²) in [6, 6.07) is 11.9. The first-order valence-electron chi connectivity index (χ1n) is 7.99. The number of hydrogen-bond donors (Lipinski definition) is 2. The van der Waals surface area contributed by atoms with Crippen molar-refractivity contribution in [3.63, 3.8) is 0 Å². The number of aromatic carboxylic acids is 1. The van der Waals surface area contributed by atoms with Crippen LogP contribution in [0.1, 0.15) is 15.9 Å². The zero-order valence-electron chi connectivity index (χ0n) is 14.2. The molecule has 1 aliphatic heterocycles. The van der Waals surface area contributed by atoms with E-state index in [2.05, 4.69) is 5.32 Å². The lowest BCUT2D eigenvalue weighted by Crippen LogP contribution is -2.36. The average molecular weight is 416 g/mol. The summed E-state index contributed by atoms with van der Waals surface area (Å²) in [4.78, 5) is 37.4. The zero-order chi connectivity index (χ0) is 20.3. The molecule has 2 aromatic rings. The van der Waals surface area contributed by atoms with E-state index in [1.807, 2.05) is 0 Å². The van der Waals surface area contributed by atoms with Gasteiger partial charge in [0, 0.05) is 5.56 Å². The monoisotopic (exact) mass is 416 g/mol. The Hall–Kier alpha value is -3.04. The minimum atomic E-state index is -1.19. The summed E-state index contributed by atoms with van der Waals surface area (Å²) in [6.45, 7) is -0.382. The largest absolute Gasteiger partial charge is 0.478 e. The molecular weight excluding hydrogens is 403 g/mol. The molecule has 1 saturated heterocycles. The van der Waals surface area contributed by atoms with Gasteiger partial charge in [-0.15, -0.1) is 0 Å². The smallest absolute Gasteiger partial charge is 0.337 e. The van der Waals surface area contributed by atoms with Gasteiger partial charge in [0.2, 0.25) is 5.91 Å². The Morgan fingerprint density at radius 2 is 1.86 bits per heavy atom.